The minimum absolute atomic E-state index is 0. The van der Waals surface area contributed by atoms with Gasteiger partial charge in [-0.25, -0.2) is 0 Å². The summed E-state index contributed by atoms with van der Waals surface area (Å²) < 4.78 is 20.5. The smallest absolute Gasteiger partial charge is 0.596 e. The molecule has 0 rings (SSSR count). The fraction of sp³-hybridized carbons (Fsp3) is 1.00. The maximum absolute atomic E-state index is 10.3. The Kier molecular flexibility index (Phi) is 38.3. The first-order chi connectivity index (χ1) is 14.5. The zero-order valence-electron chi connectivity index (χ0n) is 20.4. The van der Waals surface area contributed by atoms with Crippen LogP contribution < -0.4 is 9.79 Å². The van der Waals surface area contributed by atoms with E-state index in [1.54, 1.807) is 0 Å². The van der Waals surface area contributed by atoms with Crippen LogP contribution in [0, 0.1) is 0 Å². The summed E-state index contributed by atoms with van der Waals surface area (Å²) in [6, 6.07) is 0. The summed E-state index contributed by atoms with van der Waals surface area (Å²) in [5.41, 5.74) is 0. The first-order valence-corrected chi connectivity index (χ1v) is 15.5. The molecule has 0 fully saturated rings. The monoisotopic (exact) mass is 523 g/mol. The quantitative estimate of drug-likeness (QED) is 0.106. The first-order valence-electron chi connectivity index (χ1n) is 12.8. The van der Waals surface area contributed by atoms with E-state index in [1.165, 1.54) is 103 Å². The molecule has 0 aliphatic heterocycles. The van der Waals surface area contributed by atoms with Crippen molar-refractivity contribution in [2.75, 3.05) is 12.3 Å². The van der Waals surface area contributed by atoms with Gasteiger partial charge in [0.2, 0.25) is 0 Å². The van der Waals surface area contributed by atoms with Gasteiger partial charge in [-0.3, -0.25) is 0 Å². The van der Waals surface area contributed by atoms with Gasteiger partial charge in [0.25, 0.3) is 0 Å². The molecule has 4 nitrogen and oxygen atoms in total. The second-order valence-electron chi connectivity index (χ2n) is 8.48. The van der Waals surface area contributed by atoms with Crippen LogP contribution >= 0.6 is 16.1 Å². The van der Waals surface area contributed by atoms with E-state index < -0.39 is 16.1 Å². The molecule has 0 saturated heterocycles. The molecule has 0 heterocycles. The standard InChI is InChI=1S/2C12H25O2P.Co/c2*1-2-3-4-5-6-7-8-9-10-11-12-15(13)14;/h2*2-12H2,1H3;/q;;+2. The van der Waals surface area contributed by atoms with E-state index in [1.807, 2.05) is 0 Å². The zero-order valence-corrected chi connectivity index (χ0v) is 23.2. The van der Waals surface area contributed by atoms with Gasteiger partial charge in [0.1, 0.15) is 12.3 Å². The van der Waals surface area contributed by atoms with Crippen molar-refractivity contribution in [3.8, 4) is 0 Å². The predicted octanol–water partition coefficient (Wildman–Crippen LogP) is 8.02. The van der Waals surface area contributed by atoms with Gasteiger partial charge in [-0.15, -0.1) is 0 Å². The van der Waals surface area contributed by atoms with E-state index >= 15 is 0 Å². The van der Waals surface area contributed by atoms with Crippen molar-refractivity contribution in [3.63, 3.8) is 0 Å². The third-order valence-electron chi connectivity index (χ3n) is 5.39. The molecule has 187 valence electrons. The molecule has 2 atom stereocenters. The fourth-order valence-electron chi connectivity index (χ4n) is 3.46. The van der Waals surface area contributed by atoms with E-state index in [0.717, 1.165) is 25.7 Å². The summed E-state index contributed by atoms with van der Waals surface area (Å²) in [7, 11) is -4.27. The van der Waals surface area contributed by atoms with Gasteiger partial charge in [-0.2, -0.15) is 0 Å². The molecule has 0 spiro atoms. The van der Waals surface area contributed by atoms with Crippen LogP contribution in [0.1, 0.15) is 142 Å². The van der Waals surface area contributed by atoms with Crippen LogP contribution in [0.25, 0.3) is 0 Å². The molecule has 0 N–H and O–H groups in total. The third kappa shape index (κ3) is 41.4. The zero-order chi connectivity index (χ0) is 22.7. The van der Waals surface area contributed by atoms with E-state index in [0.29, 0.717) is 12.3 Å². The van der Waals surface area contributed by atoms with Gasteiger partial charge in [0, 0.05) is 0 Å². The molecule has 2 unspecified atom stereocenters. The molecule has 0 aromatic heterocycles. The average molecular weight is 524 g/mol. The summed E-state index contributed by atoms with van der Waals surface area (Å²) in [6.45, 7) is 4.47. The van der Waals surface area contributed by atoms with Crippen LogP contribution in [0.4, 0.5) is 0 Å². The normalized spacial score (nSPS) is 11.4. The Balaban J connectivity index is -0.000000490. The van der Waals surface area contributed by atoms with Gasteiger partial charge < -0.3 is 9.79 Å². The molecule has 0 saturated carbocycles. The SMILES string of the molecule is CCCCCCCCCCCC[P+](=O)[O-].CCCCCCCCCCCC[P+](=O)[O-].[Co+2]. The molecule has 0 aromatic carbocycles. The first kappa shape index (κ1) is 36.2. The maximum atomic E-state index is 10.3. The van der Waals surface area contributed by atoms with Crippen LogP contribution in [0.15, 0.2) is 0 Å². The second-order valence-corrected chi connectivity index (χ2v) is 10.7. The van der Waals surface area contributed by atoms with Crippen molar-refractivity contribution in [2.45, 2.75) is 142 Å². The van der Waals surface area contributed by atoms with Crippen molar-refractivity contribution in [1.29, 1.82) is 0 Å². The molecule has 7 heteroatoms. The van der Waals surface area contributed by atoms with Crippen molar-refractivity contribution in [1.82, 2.24) is 0 Å². The van der Waals surface area contributed by atoms with E-state index in [4.69, 9.17) is 0 Å². The molecule has 1 radical (unpaired) electrons. The fourth-order valence-corrected chi connectivity index (χ4v) is 4.42. The molecule has 0 aliphatic carbocycles. The average Bonchev–Trinajstić information content (AvgIpc) is 2.71. The molecular formula is C24H50CoO4P2+2. The van der Waals surface area contributed by atoms with Crippen LogP contribution in [0.3, 0.4) is 0 Å². The van der Waals surface area contributed by atoms with Gasteiger partial charge >= 0.3 is 32.8 Å². The van der Waals surface area contributed by atoms with Crippen molar-refractivity contribution >= 4 is 16.1 Å². The second kappa shape index (κ2) is 32.8. The molecule has 0 aromatic rings. The van der Waals surface area contributed by atoms with Gasteiger partial charge in [0.05, 0.1) is 0 Å². The largest absolute Gasteiger partial charge is 2.00 e. The Morgan fingerprint density at radius 2 is 0.613 bits per heavy atom. The molecule has 0 aliphatic rings. The molecule has 31 heavy (non-hydrogen) atoms. The predicted molar refractivity (Wildman–Crippen MR) is 129 cm³/mol. The van der Waals surface area contributed by atoms with Crippen molar-refractivity contribution < 1.29 is 35.7 Å². The Morgan fingerprint density at radius 1 is 0.419 bits per heavy atom. The Labute approximate surface area is 206 Å². The summed E-state index contributed by atoms with van der Waals surface area (Å²) >= 11 is 0. The summed E-state index contributed by atoms with van der Waals surface area (Å²) in [4.78, 5) is 20.5. The Bertz CT molecular complexity index is 337. The number of unbranched alkanes of at least 4 members (excludes halogenated alkanes) is 18. The van der Waals surface area contributed by atoms with Gasteiger partial charge in [0.15, 0.2) is 0 Å². The topological polar surface area (TPSA) is 80.3 Å². The summed E-state index contributed by atoms with van der Waals surface area (Å²) in [5.74, 6) is 0. The number of hydrogen-bond donors (Lipinski definition) is 0. The minimum Gasteiger partial charge on any atom is -0.596 e. The molecule has 0 amide bonds. The third-order valence-corrected chi connectivity index (χ3v) is 6.75. The van der Waals surface area contributed by atoms with Crippen molar-refractivity contribution in [3.05, 3.63) is 0 Å². The Hall–Kier alpha value is 0.626. The number of hydrogen-bond acceptors (Lipinski definition) is 4. The van der Waals surface area contributed by atoms with Crippen LogP contribution in [0.2, 0.25) is 0 Å². The van der Waals surface area contributed by atoms with Crippen LogP contribution in [-0.2, 0) is 25.9 Å². The summed E-state index contributed by atoms with van der Waals surface area (Å²) in [5, 5.41) is 0. The summed E-state index contributed by atoms with van der Waals surface area (Å²) in [6.07, 6.45) is 25.9. The Morgan fingerprint density at radius 3 is 0.806 bits per heavy atom. The van der Waals surface area contributed by atoms with Gasteiger partial charge in [-0.05, 0) is 25.7 Å². The van der Waals surface area contributed by atoms with E-state index in [9.17, 15) is 18.9 Å². The van der Waals surface area contributed by atoms with Gasteiger partial charge in [-0.1, -0.05) is 126 Å². The van der Waals surface area contributed by atoms with Crippen LogP contribution in [-0.4, -0.2) is 12.3 Å². The molecule has 0 bridgehead atoms. The van der Waals surface area contributed by atoms with E-state index in [-0.39, 0.29) is 16.8 Å². The van der Waals surface area contributed by atoms with E-state index in [2.05, 4.69) is 13.8 Å². The minimum atomic E-state index is -2.14. The number of rotatable bonds is 22. The maximum Gasteiger partial charge on any atom is 2.00 e. The molecular weight excluding hydrogens is 473 g/mol. The van der Waals surface area contributed by atoms with Crippen molar-refractivity contribution in [2.24, 2.45) is 0 Å². The van der Waals surface area contributed by atoms with Crippen LogP contribution in [0.5, 0.6) is 0 Å².